The van der Waals surface area contributed by atoms with E-state index >= 15 is 0 Å². The molecule has 25 heavy (non-hydrogen) atoms. The summed E-state index contributed by atoms with van der Waals surface area (Å²) in [6, 6.07) is 6.20. The van der Waals surface area contributed by atoms with E-state index in [1.54, 1.807) is 5.57 Å². The van der Waals surface area contributed by atoms with Gasteiger partial charge in [-0.3, -0.25) is 4.90 Å². The molecule has 4 nitrogen and oxygen atoms in total. The van der Waals surface area contributed by atoms with Crippen molar-refractivity contribution in [1.82, 2.24) is 9.80 Å². The minimum absolute atomic E-state index is 0.0274. The van der Waals surface area contributed by atoms with Crippen molar-refractivity contribution in [2.45, 2.75) is 46.0 Å². The molecule has 1 aromatic rings. The molecule has 0 aromatic heterocycles. The van der Waals surface area contributed by atoms with Crippen LogP contribution in [0.4, 0.5) is 10.5 Å². The van der Waals surface area contributed by atoms with Gasteiger partial charge < -0.3 is 10.2 Å². The first kappa shape index (κ1) is 18.0. The van der Waals surface area contributed by atoms with Crippen molar-refractivity contribution in [2.75, 3.05) is 38.0 Å². The Labute approximate surface area is 151 Å². The molecule has 2 amide bonds. The van der Waals surface area contributed by atoms with Crippen LogP contribution in [0.1, 0.15) is 43.2 Å². The van der Waals surface area contributed by atoms with Crippen molar-refractivity contribution in [3.8, 4) is 0 Å². The number of piperazine rings is 1. The van der Waals surface area contributed by atoms with Gasteiger partial charge in [-0.25, -0.2) is 4.79 Å². The van der Waals surface area contributed by atoms with E-state index in [1.165, 1.54) is 43.2 Å². The van der Waals surface area contributed by atoms with Crippen LogP contribution in [0.3, 0.4) is 0 Å². The fourth-order valence-corrected chi connectivity index (χ4v) is 3.86. The van der Waals surface area contributed by atoms with Gasteiger partial charge in [-0.2, -0.15) is 0 Å². The third-order valence-corrected chi connectivity index (χ3v) is 5.27. The van der Waals surface area contributed by atoms with Gasteiger partial charge in [0.05, 0.1) is 0 Å². The SMILES string of the molecule is Cc1cc(C)cc(NC(=O)N2CCN(CCC3=CCCCC3)CC2)c1. The molecule has 1 aliphatic heterocycles. The Hall–Kier alpha value is -1.81. The van der Waals surface area contributed by atoms with Gasteiger partial charge in [0.25, 0.3) is 0 Å². The summed E-state index contributed by atoms with van der Waals surface area (Å²) in [6.07, 6.45) is 8.92. The summed E-state index contributed by atoms with van der Waals surface area (Å²) in [7, 11) is 0. The Morgan fingerprint density at radius 1 is 1.04 bits per heavy atom. The molecule has 1 aromatic carbocycles. The average molecular weight is 341 g/mol. The number of nitrogens with one attached hydrogen (secondary N) is 1. The van der Waals surface area contributed by atoms with E-state index in [9.17, 15) is 4.79 Å². The van der Waals surface area contributed by atoms with Gasteiger partial charge in [0.15, 0.2) is 0 Å². The van der Waals surface area contributed by atoms with Crippen LogP contribution in [0.15, 0.2) is 29.8 Å². The van der Waals surface area contributed by atoms with Gasteiger partial charge in [0.1, 0.15) is 0 Å². The molecule has 1 fully saturated rings. The van der Waals surface area contributed by atoms with Crippen LogP contribution in [-0.4, -0.2) is 48.6 Å². The predicted octanol–water partition coefficient (Wildman–Crippen LogP) is 4.34. The average Bonchev–Trinajstić information content (AvgIpc) is 2.60. The maximum Gasteiger partial charge on any atom is 0.321 e. The number of carbonyl (C=O) groups excluding carboxylic acids is 1. The highest BCUT2D eigenvalue weighted by Gasteiger charge is 2.21. The smallest absolute Gasteiger partial charge is 0.321 e. The summed E-state index contributed by atoms with van der Waals surface area (Å²) in [4.78, 5) is 16.9. The fraction of sp³-hybridized carbons (Fsp3) is 0.571. The number of nitrogens with zero attached hydrogens (tertiary/aromatic N) is 2. The lowest BCUT2D eigenvalue weighted by atomic mass is 9.97. The van der Waals surface area contributed by atoms with E-state index in [0.29, 0.717) is 0 Å². The summed E-state index contributed by atoms with van der Waals surface area (Å²) in [5.74, 6) is 0. The minimum atomic E-state index is 0.0274. The molecule has 0 spiro atoms. The highest BCUT2D eigenvalue weighted by Crippen LogP contribution is 2.20. The van der Waals surface area contributed by atoms with Gasteiger partial charge in [-0.15, -0.1) is 0 Å². The number of benzene rings is 1. The van der Waals surface area contributed by atoms with Crippen LogP contribution in [0.25, 0.3) is 0 Å². The second-order valence-electron chi connectivity index (χ2n) is 7.49. The molecule has 136 valence electrons. The first-order chi connectivity index (χ1) is 12.1. The Kier molecular flexibility index (Phi) is 6.14. The number of allylic oxidation sites excluding steroid dienone is 1. The predicted molar refractivity (Wildman–Crippen MR) is 104 cm³/mol. The Morgan fingerprint density at radius 2 is 1.76 bits per heavy atom. The van der Waals surface area contributed by atoms with E-state index in [4.69, 9.17) is 0 Å². The Balaban J connectivity index is 1.43. The van der Waals surface area contributed by atoms with E-state index in [2.05, 4.69) is 36.2 Å². The second-order valence-corrected chi connectivity index (χ2v) is 7.49. The van der Waals surface area contributed by atoms with Gasteiger partial charge in [-0.1, -0.05) is 17.7 Å². The Bertz CT molecular complexity index is 610. The highest BCUT2D eigenvalue weighted by atomic mass is 16.2. The molecule has 0 bridgehead atoms. The monoisotopic (exact) mass is 341 g/mol. The standard InChI is InChI=1S/C21H31N3O/c1-17-14-18(2)16-20(15-17)22-21(25)24-12-10-23(11-13-24)9-8-19-6-4-3-5-7-19/h6,14-16H,3-5,7-13H2,1-2H3,(H,22,25). The number of aryl methyl sites for hydroxylation is 2. The van der Waals surface area contributed by atoms with Gasteiger partial charge in [0, 0.05) is 38.4 Å². The normalized spacial score (nSPS) is 18.8. The molecule has 0 saturated carbocycles. The third-order valence-electron chi connectivity index (χ3n) is 5.27. The third kappa shape index (κ3) is 5.33. The molecule has 4 heteroatoms. The van der Waals surface area contributed by atoms with Crippen molar-refractivity contribution in [1.29, 1.82) is 0 Å². The van der Waals surface area contributed by atoms with E-state index in [0.717, 1.165) is 38.4 Å². The van der Waals surface area contributed by atoms with Crippen molar-refractivity contribution in [3.05, 3.63) is 41.0 Å². The van der Waals surface area contributed by atoms with E-state index < -0.39 is 0 Å². The van der Waals surface area contributed by atoms with Crippen LogP contribution in [0.2, 0.25) is 0 Å². The lowest BCUT2D eigenvalue weighted by molar-refractivity contribution is 0.148. The van der Waals surface area contributed by atoms with Gasteiger partial charge >= 0.3 is 6.03 Å². The molecular weight excluding hydrogens is 310 g/mol. The number of hydrogen-bond acceptors (Lipinski definition) is 2. The molecule has 0 radical (unpaired) electrons. The molecule has 1 saturated heterocycles. The summed E-state index contributed by atoms with van der Waals surface area (Å²) in [5.41, 5.74) is 4.89. The second kappa shape index (κ2) is 8.52. The fourth-order valence-electron chi connectivity index (χ4n) is 3.86. The molecule has 1 N–H and O–H groups in total. The minimum Gasteiger partial charge on any atom is -0.322 e. The first-order valence-corrected chi connectivity index (χ1v) is 9.64. The number of hydrogen-bond donors (Lipinski definition) is 1. The van der Waals surface area contributed by atoms with E-state index in [-0.39, 0.29) is 6.03 Å². The molecule has 1 aliphatic carbocycles. The molecule has 1 heterocycles. The maximum atomic E-state index is 12.5. The van der Waals surface area contributed by atoms with Crippen LogP contribution in [0.5, 0.6) is 0 Å². The Morgan fingerprint density at radius 3 is 2.40 bits per heavy atom. The summed E-state index contributed by atoms with van der Waals surface area (Å²) in [5, 5.41) is 3.05. The van der Waals surface area contributed by atoms with Crippen molar-refractivity contribution < 1.29 is 4.79 Å². The largest absolute Gasteiger partial charge is 0.322 e. The van der Waals surface area contributed by atoms with Crippen molar-refractivity contribution in [2.24, 2.45) is 0 Å². The van der Waals surface area contributed by atoms with Gasteiger partial charge in [-0.05, 0) is 69.2 Å². The summed E-state index contributed by atoms with van der Waals surface area (Å²) >= 11 is 0. The zero-order valence-corrected chi connectivity index (χ0v) is 15.7. The number of urea groups is 1. The first-order valence-electron chi connectivity index (χ1n) is 9.64. The number of anilines is 1. The van der Waals surface area contributed by atoms with Crippen LogP contribution >= 0.6 is 0 Å². The van der Waals surface area contributed by atoms with Crippen LogP contribution < -0.4 is 5.32 Å². The van der Waals surface area contributed by atoms with Crippen LogP contribution in [0, 0.1) is 13.8 Å². The summed E-state index contributed by atoms with van der Waals surface area (Å²) in [6.45, 7) is 8.84. The van der Waals surface area contributed by atoms with Crippen molar-refractivity contribution >= 4 is 11.7 Å². The zero-order valence-electron chi connectivity index (χ0n) is 15.7. The quantitative estimate of drug-likeness (QED) is 0.827. The number of rotatable bonds is 4. The van der Waals surface area contributed by atoms with Gasteiger partial charge in [0.2, 0.25) is 0 Å². The molecule has 3 rings (SSSR count). The highest BCUT2D eigenvalue weighted by molar-refractivity contribution is 5.89. The summed E-state index contributed by atoms with van der Waals surface area (Å²) < 4.78 is 0. The molecule has 2 aliphatic rings. The number of carbonyl (C=O) groups is 1. The molecule has 0 atom stereocenters. The van der Waals surface area contributed by atoms with Crippen molar-refractivity contribution in [3.63, 3.8) is 0 Å². The lowest BCUT2D eigenvalue weighted by Gasteiger charge is -2.35. The topological polar surface area (TPSA) is 35.6 Å². The maximum absolute atomic E-state index is 12.5. The lowest BCUT2D eigenvalue weighted by Crippen LogP contribution is -2.50. The van der Waals surface area contributed by atoms with E-state index in [1.807, 2.05) is 17.0 Å². The molecule has 0 unspecified atom stereocenters. The molecular formula is C21H31N3O. The van der Waals surface area contributed by atoms with Crippen LogP contribution in [-0.2, 0) is 0 Å². The zero-order chi connectivity index (χ0) is 17.6. The number of amides is 2.